The Morgan fingerprint density at radius 2 is 2.07 bits per heavy atom. The molecule has 1 N–H and O–H groups in total. The Bertz CT molecular complexity index is 347. The summed E-state index contributed by atoms with van der Waals surface area (Å²) in [6.07, 6.45) is 0. The van der Waals surface area contributed by atoms with Crippen LogP contribution in [0.4, 0.5) is 10.5 Å². The summed E-state index contributed by atoms with van der Waals surface area (Å²) in [5, 5.41) is 2.75. The van der Waals surface area contributed by atoms with Crippen LogP contribution < -0.4 is 5.32 Å². The van der Waals surface area contributed by atoms with E-state index in [1.165, 1.54) is 5.56 Å². The molecule has 0 spiro atoms. The lowest BCUT2D eigenvalue weighted by Gasteiger charge is -2.10. The van der Waals surface area contributed by atoms with Crippen molar-refractivity contribution in [1.82, 2.24) is 0 Å². The molecular weight excluding hydrogens is 242 g/mol. The summed E-state index contributed by atoms with van der Waals surface area (Å²) in [6, 6.07) is 6.12. The maximum absolute atomic E-state index is 10.9. The summed E-state index contributed by atoms with van der Waals surface area (Å²) < 4.78 is 0. The van der Waals surface area contributed by atoms with Gasteiger partial charge in [-0.3, -0.25) is 4.79 Å². The molecule has 14 heavy (non-hydrogen) atoms. The minimum absolute atomic E-state index is 0.207. The van der Waals surface area contributed by atoms with Crippen LogP contribution in [0.2, 0.25) is 0 Å². The fourth-order valence-electron chi connectivity index (χ4n) is 1.24. The normalized spacial score (nSPS) is 10.4. The van der Waals surface area contributed by atoms with Gasteiger partial charge in [-0.1, -0.05) is 26.0 Å². The monoisotopic (exact) mass is 255 g/mol. The first-order chi connectivity index (χ1) is 6.50. The number of amides is 1. The lowest BCUT2D eigenvalue weighted by molar-refractivity contribution is 0.270. The number of benzene rings is 1. The zero-order valence-electron chi connectivity index (χ0n) is 8.60. The molecule has 0 aromatic heterocycles. The van der Waals surface area contributed by atoms with Gasteiger partial charge in [-0.05, 0) is 30.0 Å². The van der Waals surface area contributed by atoms with Crippen molar-refractivity contribution < 1.29 is 4.79 Å². The highest BCUT2D eigenvalue weighted by Crippen LogP contribution is 2.22. The van der Waals surface area contributed by atoms with Crippen molar-refractivity contribution in [2.24, 2.45) is 0 Å². The Kier molecular flexibility index (Phi) is 3.69. The van der Waals surface area contributed by atoms with E-state index in [0.717, 1.165) is 11.3 Å². The first-order valence-electron chi connectivity index (χ1n) is 4.57. The van der Waals surface area contributed by atoms with Crippen LogP contribution in [0, 0.1) is 6.92 Å². The fourth-order valence-corrected chi connectivity index (χ4v) is 1.45. The topological polar surface area (TPSA) is 29.1 Å². The Balaban J connectivity index is 3.02. The number of anilines is 1. The van der Waals surface area contributed by atoms with Gasteiger partial charge in [0.1, 0.15) is 0 Å². The van der Waals surface area contributed by atoms with E-state index in [9.17, 15) is 4.79 Å². The van der Waals surface area contributed by atoms with E-state index in [0.29, 0.717) is 5.92 Å². The molecule has 1 aromatic carbocycles. The second kappa shape index (κ2) is 4.60. The maximum Gasteiger partial charge on any atom is 0.291 e. The predicted molar refractivity (Wildman–Crippen MR) is 63.2 cm³/mol. The van der Waals surface area contributed by atoms with Gasteiger partial charge in [-0.25, -0.2) is 0 Å². The van der Waals surface area contributed by atoms with Crippen molar-refractivity contribution in [3.8, 4) is 0 Å². The minimum atomic E-state index is -0.207. The molecule has 0 fully saturated rings. The fraction of sp³-hybridized carbons (Fsp3) is 0.364. The van der Waals surface area contributed by atoms with Crippen molar-refractivity contribution in [3.05, 3.63) is 29.3 Å². The molecule has 0 unspecified atom stereocenters. The smallest absolute Gasteiger partial charge is 0.291 e. The molecule has 1 amide bonds. The van der Waals surface area contributed by atoms with Crippen molar-refractivity contribution in [3.63, 3.8) is 0 Å². The van der Waals surface area contributed by atoms with Gasteiger partial charge in [-0.15, -0.1) is 0 Å². The molecule has 0 saturated heterocycles. The number of rotatable bonds is 2. The quantitative estimate of drug-likeness (QED) is 0.627. The summed E-state index contributed by atoms with van der Waals surface area (Å²) in [4.78, 5) is 10.6. The van der Waals surface area contributed by atoms with Crippen LogP contribution in [0.25, 0.3) is 0 Å². The van der Waals surface area contributed by atoms with E-state index in [2.05, 4.69) is 41.2 Å². The summed E-state index contributed by atoms with van der Waals surface area (Å²) in [6.45, 7) is 6.23. The van der Waals surface area contributed by atoms with E-state index in [1.807, 2.05) is 19.1 Å². The number of hydrogen-bond acceptors (Lipinski definition) is 1. The van der Waals surface area contributed by atoms with E-state index in [1.54, 1.807) is 0 Å². The molecule has 0 aliphatic carbocycles. The summed E-state index contributed by atoms with van der Waals surface area (Å²) in [7, 11) is 0. The minimum Gasteiger partial charge on any atom is -0.316 e. The molecule has 2 nitrogen and oxygen atoms in total. The Labute approximate surface area is 92.8 Å². The zero-order valence-corrected chi connectivity index (χ0v) is 10.2. The molecule has 1 aromatic rings. The van der Waals surface area contributed by atoms with Crippen molar-refractivity contribution in [2.75, 3.05) is 5.32 Å². The lowest BCUT2D eigenvalue weighted by Crippen LogP contribution is -2.03. The van der Waals surface area contributed by atoms with Crippen LogP contribution >= 0.6 is 15.9 Å². The molecule has 0 saturated carbocycles. The summed E-state index contributed by atoms with van der Waals surface area (Å²) in [5.74, 6) is 0.474. The van der Waals surface area contributed by atoms with Gasteiger partial charge in [0.2, 0.25) is 0 Å². The first kappa shape index (κ1) is 11.2. The van der Waals surface area contributed by atoms with Gasteiger partial charge >= 0.3 is 0 Å². The average molecular weight is 256 g/mol. The average Bonchev–Trinajstić information content (AvgIpc) is 2.07. The zero-order chi connectivity index (χ0) is 10.7. The van der Waals surface area contributed by atoms with E-state index < -0.39 is 0 Å². The number of carbonyl (C=O) groups is 1. The molecule has 76 valence electrons. The van der Waals surface area contributed by atoms with Crippen molar-refractivity contribution >= 4 is 26.4 Å². The predicted octanol–water partition coefficient (Wildman–Crippen LogP) is 4.05. The Morgan fingerprint density at radius 3 is 2.57 bits per heavy atom. The Morgan fingerprint density at radius 1 is 1.43 bits per heavy atom. The third-order valence-electron chi connectivity index (χ3n) is 2.16. The number of aryl methyl sites for hydroxylation is 1. The van der Waals surface area contributed by atoms with Gasteiger partial charge in [0.15, 0.2) is 0 Å². The van der Waals surface area contributed by atoms with Crippen LogP contribution in [-0.2, 0) is 0 Å². The molecule has 3 heteroatoms. The third kappa shape index (κ3) is 2.84. The standard InChI is InChI=1S/C11H14BrNO/c1-7(2)9-5-4-8(3)10(6-9)13-11(12)14/h4-7H,1-3H3,(H,13,14). The van der Waals surface area contributed by atoms with Gasteiger partial charge in [0.25, 0.3) is 4.82 Å². The number of carbonyl (C=O) groups excluding carboxylic acids is 1. The van der Waals surface area contributed by atoms with Gasteiger partial charge in [0.05, 0.1) is 0 Å². The molecular formula is C11H14BrNO. The number of hydrogen-bond donors (Lipinski definition) is 1. The van der Waals surface area contributed by atoms with Gasteiger partial charge in [0, 0.05) is 21.6 Å². The van der Waals surface area contributed by atoms with Crippen molar-refractivity contribution in [1.29, 1.82) is 0 Å². The molecule has 0 aliphatic heterocycles. The second-order valence-corrected chi connectivity index (χ2v) is 4.35. The third-order valence-corrected chi connectivity index (χ3v) is 2.36. The molecule has 1 rings (SSSR count). The first-order valence-corrected chi connectivity index (χ1v) is 5.37. The highest BCUT2D eigenvalue weighted by molar-refractivity contribution is 9.18. The van der Waals surface area contributed by atoms with Crippen molar-refractivity contribution in [2.45, 2.75) is 26.7 Å². The van der Waals surface area contributed by atoms with Crippen LogP contribution in [0.3, 0.4) is 0 Å². The number of halogens is 1. The van der Waals surface area contributed by atoms with Gasteiger partial charge < -0.3 is 5.32 Å². The van der Waals surface area contributed by atoms with E-state index in [-0.39, 0.29) is 4.82 Å². The SMILES string of the molecule is Cc1ccc(C(C)C)cc1NC(=O)Br. The highest BCUT2D eigenvalue weighted by atomic mass is 79.9. The van der Waals surface area contributed by atoms with E-state index in [4.69, 9.17) is 0 Å². The molecule has 0 heterocycles. The Hall–Kier alpha value is -0.830. The van der Waals surface area contributed by atoms with Crippen LogP contribution in [-0.4, -0.2) is 4.82 Å². The highest BCUT2D eigenvalue weighted by Gasteiger charge is 2.04. The largest absolute Gasteiger partial charge is 0.316 e. The summed E-state index contributed by atoms with van der Waals surface area (Å²) in [5.41, 5.74) is 3.17. The molecule has 0 bridgehead atoms. The van der Waals surface area contributed by atoms with Crippen LogP contribution in [0.5, 0.6) is 0 Å². The maximum atomic E-state index is 10.9. The molecule has 0 atom stereocenters. The lowest BCUT2D eigenvalue weighted by atomic mass is 10.0. The molecule has 0 aliphatic rings. The van der Waals surface area contributed by atoms with Crippen LogP contribution in [0.1, 0.15) is 30.9 Å². The summed E-state index contributed by atoms with van der Waals surface area (Å²) >= 11 is 2.86. The van der Waals surface area contributed by atoms with Gasteiger partial charge in [-0.2, -0.15) is 0 Å². The van der Waals surface area contributed by atoms with Crippen LogP contribution in [0.15, 0.2) is 18.2 Å². The molecule has 0 radical (unpaired) electrons. The second-order valence-electron chi connectivity index (χ2n) is 3.63. The van der Waals surface area contributed by atoms with E-state index >= 15 is 0 Å². The number of nitrogens with one attached hydrogen (secondary N) is 1.